The summed E-state index contributed by atoms with van der Waals surface area (Å²) in [5.41, 5.74) is 8.34. The van der Waals surface area contributed by atoms with E-state index >= 15 is 0 Å². The molecule has 31 heavy (non-hydrogen) atoms. The molecule has 2 aliphatic heterocycles. The van der Waals surface area contributed by atoms with Crippen molar-refractivity contribution in [1.82, 2.24) is 9.78 Å². The average Bonchev–Trinajstić information content (AvgIpc) is 3.23. The number of ether oxygens (including phenoxy) is 1. The Morgan fingerprint density at radius 2 is 1.90 bits per heavy atom. The molecule has 0 aliphatic carbocycles. The summed E-state index contributed by atoms with van der Waals surface area (Å²) < 4.78 is 7.58. The molecule has 2 aliphatic rings. The molecule has 3 aromatic rings. The first-order chi connectivity index (χ1) is 15.1. The predicted molar refractivity (Wildman–Crippen MR) is 119 cm³/mol. The van der Waals surface area contributed by atoms with E-state index < -0.39 is 5.41 Å². The zero-order valence-corrected chi connectivity index (χ0v) is 18.3. The molecule has 0 saturated carbocycles. The molecular formula is C23H18BrN5O2. The van der Waals surface area contributed by atoms with Gasteiger partial charge in [-0.25, -0.2) is 4.68 Å². The van der Waals surface area contributed by atoms with Crippen molar-refractivity contribution >= 4 is 27.5 Å². The summed E-state index contributed by atoms with van der Waals surface area (Å²) in [6.07, 6.45) is 0. The van der Waals surface area contributed by atoms with E-state index in [4.69, 9.17) is 10.5 Å². The summed E-state index contributed by atoms with van der Waals surface area (Å²) in [4.78, 5) is 15.8. The van der Waals surface area contributed by atoms with Gasteiger partial charge in [0.15, 0.2) is 0 Å². The van der Waals surface area contributed by atoms with E-state index in [0.717, 1.165) is 11.4 Å². The highest BCUT2D eigenvalue weighted by atomic mass is 79.9. The third kappa shape index (κ3) is 2.44. The third-order valence-corrected chi connectivity index (χ3v) is 6.16. The van der Waals surface area contributed by atoms with Crippen LogP contribution in [0.25, 0.3) is 5.69 Å². The Morgan fingerprint density at radius 3 is 2.61 bits per heavy atom. The van der Waals surface area contributed by atoms with Crippen LogP contribution in [0.4, 0.5) is 5.69 Å². The number of aromatic nitrogens is 2. The van der Waals surface area contributed by atoms with Gasteiger partial charge in [-0.15, -0.1) is 0 Å². The van der Waals surface area contributed by atoms with Crippen LogP contribution >= 0.6 is 15.9 Å². The van der Waals surface area contributed by atoms with E-state index in [1.807, 2.05) is 61.5 Å². The molecule has 7 nitrogen and oxygen atoms in total. The fourth-order valence-corrected chi connectivity index (χ4v) is 4.98. The van der Waals surface area contributed by atoms with Gasteiger partial charge in [-0.3, -0.25) is 4.79 Å². The smallest absolute Gasteiger partial charge is 0.248 e. The number of rotatable bonds is 3. The summed E-state index contributed by atoms with van der Waals surface area (Å²) >= 11 is 3.44. The van der Waals surface area contributed by atoms with Gasteiger partial charge in [-0.05, 0) is 25.1 Å². The van der Waals surface area contributed by atoms with Gasteiger partial charge in [0.05, 0.1) is 16.9 Å². The Kier molecular flexibility index (Phi) is 4.38. The number of benzene rings is 2. The molecule has 1 spiro atoms. The number of fused-ring (bicyclic) bond motifs is 4. The third-order valence-electron chi connectivity index (χ3n) is 5.81. The average molecular weight is 476 g/mol. The highest BCUT2D eigenvalue weighted by molar-refractivity contribution is 9.09. The number of para-hydroxylation sites is 2. The van der Waals surface area contributed by atoms with E-state index in [-0.39, 0.29) is 17.4 Å². The Morgan fingerprint density at radius 1 is 1.19 bits per heavy atom. The Balaban J connectivity index is 1.88. The van der Waals surface area contributed by atoms with Gasteiger partial charge in [-0.2, -0.15) is 10.4 Å². The molecule has 154 valence electrons. The molecule has 2 N–H and O–H groups in total. The van der Waals surface area contributed by atoms with E-state index in [2.05, 4.69) is 27.1 Å². The van der Waals surface area contributed by atoms with Crippen molar-refractivity contribution in [2.45, 2.75) is 12.3 Å². The number of nitrogens with zero attached hydrogens (tertiary/aromatic N) is 4. The van der Waals surface area contributed by atoms with Gasteiger partial charge in [0, 0.05) is 23.1 Å². The molecule has 2 aromatic carbocycles. The first-order valence-electron chi connectivity index (χ1n) is 9.76. The molecule has 1 unspecified atom stereocenters. The number of nitriles is 1. The monoisotopic (exact) mass is 475 g/mol. The number of hydrogen-bond acceptors (Lipinski definition) is 5. The highest BCUT2D eigenvalue weighted by Crippen LogP contribution is 2.56. The Labute approximate surface area is 187 Å². The molecule has 1 amide bonds. The SMILES string of the molecule is Cc1nn(-c2ccccc2)c2c1C1(C(=O)N(CCBr)c3ccccc31)C(C#N)=C(N)O2. The molecule has 3 heterocycles. The predicted octanol–water partition coefficient (Wildman–Crippen LogP) is 3.29. The van der Waals surface area contributed by atoms with Crippen LogP contribution in [0.3, 0.4) is 0 Å². The number of anilines is 1. The van der Waals surface area contributed by atoms with Crippen molar-refractivity contribution in [2.24, 2.45) is 5.73 Å². The zero-order chi connectivity index (χ0) is 21.8. The van der Waals surface area contributed by atoms with E-state index in [9.17, 15) is 10.1 Å². The minimum absolute atomic E-state index is 0.0871. The van der Waals surface area contributed by atoms with Crippen LogP contribution in [0, 0.1) is 18.3 Å². The molecule has 1 aromatic heterocycles. The number of amides is 1. The number of alkyl halides is 1. The standard InChI is InChI=1S/C23H18BrN5O2/c1-14-19-21(29(27-14)15-7-3-2-4-8-15)31-20(26)17(13-25)23(19)16-9-5-6-10-18(16)28(12-11-24)22(23)30/h2-10H,11-12,26H2,1H3. The summed E-state index contributed by atoms with van der Waals surface area (Å²) in [5.74, 6) is 0.0351. The molecule has 8 heteroatoms. The summed E-state index contributed by atoms with van der Waals surface area (Å²) in [7, 11) is 0. The van der Waals surface area contributed by atoms with Gasteiger partial charge in [0.2, 0.25) is 17.7 Å². The lowest BCUT2D eigenvalue weighted by Crippen LogP contribution is -2.46. The van der Waals surface area contributed by atoms with Crippen LogP contribution < -0.4 is 15.4 Å². The number of carbonyl (C=O) groups is 1. The van der Waals surface area contributed by atoms with Gasteiger partial charge in [0.25, 0.3) is 0 Å². The van der Waals surface area contributed by atoms with E-state index in [1.54, 1.807) is 9.58 Å². The molecule has 5 rings (SSSR count). The van der Waals surface area contributed by atoms with E-state index in [0.29, 0.717) is 34.6 Å². The molecule has 1 atom stereocenters. The number of aryl methyl sites for hydroxylation is 1. The maximum absolute atomic E-state index is 14.1. The van der Waals surface area contributed by atoms with Crippen molar-refractivity contribution in [3.8, 4) is 17.6 Å². The molecular weight excluding hydrogens is 458 g/mol. The van der Waals surface area contributed by atoms with Crippen LogP contribution in [-0.4, -0.2) is 27.6 Å². The summed E-state index contributed by atoms with van der Waals surface area (Å²) in [6, 6.07) is 19.2. The summed E-state index contributed by atoms with van der Waals surface area (Å²) in [6.45, 7) is 2.28. The van der Waals surface area contributed by atoms with Crippen molar-refractivity contribution < 1.29 is 9.53 Å². The van der Waals surface area contributed by atoms with Crippen molar-refractivity contribution in [2.75, 3.05) is 16.8 Å². The lowest BCUT2D eigenvalue weighted by molar-refractivity contribution is -0.120. The fourth-order valence-electron chi connectivity index (χ4n) is 4.62. The zero-order valence-electron chi connectivity index (χ0n) is 16.7. The molecule has 0 radical (unpaired) electrons. The van der Waals surface area contributed by atoms with Gasteiger partial charge >= 0.3 is 0 Å². The highest BCUT2D eigenvalue weighted by Gasteiger charge is 2.60. The Bertz CT molecular complexity index is 1290. The fraction of sp³-hybridized carbons (Fsp3) is 0.174. The molecule has 0 saturated heterocycles. The lowest BCUT2D eigenvalue weighted by atomic mass is 9.69. The number of nitrogens with two attached hydrogens (primary N) is 1. The second-order valence-electron chi connectivity index (χ2n) is 7.38. The maximum Gasteiger partial charge on any atom is 0.248 e. The molecule has 0 bridgehead atoms. The van der Waals surface area contributed by atoms with Crippen molar-refractivity contribution in [3.63, 3.8) is 0 Å². The van der Waals surface area contributed by atoms with Crippen molar-refractivity contribution in [3.05, 3.63) is 82.9 Å². The number of hydrogen-bond donors (Lipinski definition) is 1. The van der Waals surface area contributed by atoms with Gasteiger partial charge in [-0.1, -0.05) is 52.3 Å². The largest absolute Gasteiger partial charge is 0.422 e. The second-order valence-corrected chi connectivity index (χ2v) is 8.17. The van der Waals surface area contributed by atoms with Crippen LogP contribution in [0.2, 0.25) is 0 Å². The second kappa shape index (κ2) is 7.00. The minimum atomic E-state index is -1.40. The topological polar surface area (TPSA) is 97.2 Å². The quantitative estimate of drug-likeness (QED) is 0.586. The Hall–Kier alpha value is -3.57. The summed E-state index contributed by atoms with van der Waals surface area (Å²) in [5, 5.41) is 15.4. The van der Waals surface area contributed by atoms with Gasteiger partial charge < -0.3 is 15.4 Å². The van der Waals surface area contributed by atoms with Gasteiger partial charge in [0.1, 0.15) is 17.1 Å². The maximum atomic E-state index is 14.1. The van der Waals surface area contributed by atoms with Crippen LogP contribution in [0.1, 0.15) is 16.8 Å². The van der Waals surface area contributed by atoms with Crippen LogP contribution in [0.15, 0.2) is 66.1 Å². The first-order valence-corrected chi connectivity index (χ1v) is 10.9. The van der Waals surface area contributed by atoms with E-state index in [1.165, 1.54) is 0 Å². The number of carbonyl (C=O) groups excluding carboxylic acids is 1. The minimum Gasteiger partial charge on any atom is -0.422 e. The normalized spacial score (nSPS) is 19.3. The molecule has 0 fully saturated rings. The first kappa shape index (κ1) is 19.4. The van der Waals surface area contributed by atoms with Crippen molar-refractivity contribution in [1.29, 1.82) is 5.26 Å². The lowest BCUT2D eigenvalue weighted by Gasteiger charge is -2.33. The van der Waals surface area contributed by atoms with Crippen LogP contribution in [0.5, 0.6) is 5.88 Å². The van der Waals surface area contributed by atoms with Crippen LogP contribution in [-0.2, 0) is 10.2 Å². The number of halogens is 1.